The number of pyridine rings is 2. The number of rotatable bonds is 7. The maximum atomic E-state index is 10.5. The Hall–Kier alpha value is -4.50. The highest BCUT2D eigenvalue weighted by atomic mass is 32.1. The molecule has 0 saturated carbocycles. The second-order valence-electron chi connectivity index (χ2n) is 18.2. The van der Waals surface area contributed by atoms with Crippen molar-refractivity contribution in [2.75, 3.05) is 31.0 Å². The zero-order valence-electron chi connectivity index (χ0n) is 35.0. The number of phenolic OH excluding ortho intramolecular Hbond substituents is 1. The van der Waals surface area contributed by atoms with Crippen molar-refractivity contribution in [1.29, 1.82) is 0 Å². The van der Waals surface area contributed by atoms with Crippen LogP contribution in [0, 0.1) is 0 Å². The van der Waals surface area contributed by atoms with Gasteiger partial charge in [0.1, 0.15) is 11.5 Å². The molecule has 2 aliphatic heterocycles. The van der Waals surface area contributed by atoms with Gasteiger partial charge in [0.15, 0.2) is 10.0 Å². The van der Waals surface area contributed by atoms with Gasteiger partial charge >= 0.3 is 0 Å². The van der Waals surface area contributed by atoms with Crippen molar-refractivity contribution in [2.24, 2.45) is 0 Å². The van der Waals surface area contributed by atoms with Gasteiger partial charge in [-0.05, 0) is 105 Å². The molecule has 0 radical (unpaired) electrons. The van der Waals surface area contributed by atoms with Crippen LogP contribution in [0.1, 0.15) is 81.1 Å². The number of anilines is 2. The number of aromatic nitrogens is 6. The van der Waals surface area contributed by atoms with Gasteiger partial charge < -0.3 is 30.3 Å². The highest BCUT2D eigenvalue weighted by Gasteiger charge is 2.41. The molecule has 3 N–H and O–H groups in total. The lowest BCUT2D eigenvalue weighted by molar-refractivity contribution is 0.160. The predicted molar refractivity (Wildman–Crippen MR) is 235 cm³/mol. The van der Waals surface area contributed by atoms with Gasteiger partial charge in [0.2, 0.25) is 10.3 Å². The van der Waals surface area contributed by atoms with Gasteiger partial charge in [-0.1, -0.05) is 34.8 Å². The van der Waals surface area contributed by atoms with Gasteiger partial charge in [0.25, 0.3) is 0 Å². The van der Waals surface area contributed by atoms with Crippen LogP contribution >= 0.6 is 22.7 Å². The van der Waals surface area contributed by atoms with Crippen LogP contribution in [0.2, 0.25) is 0 Å². The summed E-state index contributed by atoms with van der Waals surface area (Å²) in [4.78, 5) is 13.2. The first-order valence-electron chi connectivity index (χ1n) is 19.5. The van der Waals surface area contributed by atoms with E-state index in [-0.39, 0.29) is 27.9 Å². The number of fused-ring (bicyclic) bond motifs is 2. The monoisotopic (exact) mass is 808 g/mol. The van der Waals surface area contributed by atoms with E-state index in [0.29, 0.717) is 17.6 Å². The summed E-state index contributed by atoms with van der Waals surface area (Å²) < 4.78 is 5.63. The lowest BCUT2D eigenvalue weighted by Crippen LogP contribution is -2.61. The van der Waals surface area contributed by atoms with Crippen molar-refractivity contribution in [3.05, 3.63) is 60.9 Å². The van der Waals surface area contributed by atoms with Crippen LogP contribution in [0.4, 0.5) is 10.3 Å². The van der Waals surface area contributed by atoms with Crippen molar-refractivity contribution in [3.8, 4) is 32.6 Å². The minimum atomic E-state index is 0.0673. The molecule has 6 aromatic rings. The van der Waals surface area contributed by atoms with E-state index in [2.05, 4.69) is 132 Å². The third kappa shape index (κ3) is 9.14. The van der Waals surface area contributed by atoms with Crippen LogP contribution in [-0.2, 0) is 0 Å². The van der Waals surface area contributed by atoms with Gasteiger partial charge in [-0.3, -0.25) is 9.97 Å². The Morgan fingerprint density at radius 3 is 1.51 bits per heavy atom. The number of hydrogen-bond acceptors (Lipinski definition) is 14. The van der Waals surface area contributed by atoms with Gasteiger partial charge in [0, 0.05) is 83.6 Å². The summed E-state index contributed by atoms with van der Waals surface area (Å²) in [7, 11) is 5.91. The Morgan fingerprint density at radius 2 is 1.05 bits per heavy atom. The summed E-state index contributed by atoms with van der Waals surface area (Å²) >= 11 is 3.12. The summed E-state index contributed by atoms with van der Waals surface area (Å²) in [5.74, 6) is 0.950. The molecule has 2 saturated heterocycles. The molecule has 8 rings (SSSR count). The average Bonchev–Trinajstić information content (AvgIpc) is 3.82. The van der Waals surface area contributed by atoms with Crippen molar-refractivity contribution in [3.63, 3.8) is 0 Å². The minimum Gasteiger partial charge on any atom is -0.507 e. The number of ether oxygens (including phenoxy) is 1. The molecule has 14 heteroatoms. The molecule has 0 aliphatic carbocycles. The Balaban J connectivity index is 0.000000174. The molecule has 0 atom stereocenters. The Morgan fingerprint density at radius 1 is 0.632 bits per heavy atom. The van der Waals surface area contributed by atoms with Gasteiger partial charge in [-0.15, -0.1) is 20.4 Å². The number of benzene rings is 2. The number of nitrogens with zero attached hydrogens (tertiary/aromatic N) is 8. The van der Waals surface area contributed by atoms with E-state index in [0.717, 1.165) is 79.1 Å². The average molecular weight is 809 g/mol. The van der Waals surface area contributed by atoms with E-state index in [4.69, 9.17) is 4.74 Å². The lowest BCUT2D eigenvalue weighted by atomic mass is 9.79. The first kappa shape index (κ1) is 40.7. The minimum absolute atomic E-state index is 0.0673. The highest BCUT2D eigenvalue weighted by Crippen LogP contribution is 2.41. The molecule has 0 amide bonds. The number of hydrogen-bond donors (Lipinski definition) is 3. The fourth-order valence-electron chi connectivity index (χ4n) is 9.05. The third-order valence-electron chi connectivity index (χ3n) is 11.0. The zero-order valence-corrected chi connectivity index (χ0v) is 36.6. The number of piperidine rings is 2. The Bertz CT molecular complexity index is 2340. The first-order valence-corrected chi connectivity index (χ1v) is 21.2. The molecule has 2 aliphatic rings. The maximum absolute atomic E-state index is 10.5. The molecule has 12 nitrogen and oxygen atoms in total. The van der Waals surface area contributed by atoms with Crippen molar-refractivity contribution in [1.82, 2.24) is 41.0 Å². The number of phenols is 1. The third-order valence-corrected chi connectivity index (χ3v) is 13.1. The maximum Gasteiger partial charge on any atom is 0.208 e. The van der Waals surface area contributed by atoms with E-state index in [9.17, 15) is 5.11 Å². The lowest BCUT2D eigenvalue weighted by Gasteiger charge is -2.48. The van der Waals surface area contributed by atoms with Crippen LogP contribution < -0.4 is 25.2 Å². The van der Waals surface area contributed by atoms with Gasteiger partial charge in [-0.2, -0.15) is 0 Å². The van der Waals surface area contributed by atoms with Crippen LogP contribution in [0.3, 0.4) is 0 Å². The summed E-state index contributed by atoms with van der Waals surface area (Å²) in [6.07, 6.45) is 7.71. The van der Waals surface area contributed by atoms with Crippen LogP contribution in [0.25, 0.3) is 42.9 Å². The second-order valence-corrected chi connectivity index (χ2v) is 20.1. The number of aromatic hydroxyl groups is 1. The summed E-state index contributed by atoms with van der Waals surface area (Å²) in [5.41, 5.74) is 3.64. The zero-order chi connectivity index (χ0) is 40.9. The van der Waals surface area contributed by atoms with E-state index in [1.807, 2.05) is 30.3 Å². The predicted octanol–water partition coefficient (Wildman–Crippen LogP) is 8.71. The summed E-state index contributed by atoms with van der Waals surface area (Å²) in [6, 6.07) is 16.3. The Kier molecular flexibility index (Phi) is 11.0. The highest BCUT2D eigenvalue weighted by molar-refractivity contribution is 7.18. The van der Waals surface area contributed by atoms with Crippen molar-refractivity contribution < 1.29 is 9.84 Å². The van der Waals surface area contributed by atoms with Crippen LogP contribution in [0.5, 0.6) is 11.5 Å². The second kappa shape index (κ2) is 15.3. The molecule has 57 heavy (non-hydrogen) atoms. The molecular formula is C43H56N10O2S2. The van der Waals surface area contributed by atoms with E-state index in [1.165, 1.54) is 11.3 Å². The molecule has 2 aromatic carbocycles. The van der Waals surface area contributed by atoms with Crippen molar-refractivity contribution >= 4 is 54.7 Å². The summed E-state index contributed by atoms with van der Waals surface area (Å²) in [6.45, 7) is 18.1. The fourth-order valence-corrected chi connectivity index (χ4v) is 10.8. The number of nitrogens with one attached hydrogen (secondary N) is 2. The fraction of sp³-hybridized carbons (Fsp3) is 0.488. The molecule has 0 bridgehead atoms. The topological polar surface area (TPSA) is 137 Å². The van der Waals surface area contributed by atoms with Gasteiger partial charge in [0.05, 0.1) is 29.3 Å². The van der Waals surface area contributed by atoms with E-state index < -0.39 is 0 Å². The van der Waals surface area contributed by atoms with E-state index in [1.54, 1.807) is 36.9 Å². The SMILES string of the molecule is CN(c1nnc(-c2cc3cccnc3cc2O)s1)C1CC(C)(C)NC(C)(C)C1.COc1cc2ncccc2cc1-c1nnc(N(C)C2CC(C)(C)NC(C)(C)C2)s1. The summed E-state index contributed by atoms with van der Waals surface area (Å²) in [5, 5.41) is 41.2. The van der Waals surface area contributed by atoms with Crippen LogP contribution in [0.15, 0.2) is 60.9 Å². The quantitative estimate of drug-likeness (QED) is 0.142. The number of methoxy groups -OCH3 is 1. The van der Waals surface area contributed by atoms with Crippen molar-refractivity contribution in [2.45, 2.75) is 115 Å². The first-order chi connectivity index (χ1) is 26.8. The van der Waals surface area contributed by atoms with Gasteiger partial charge in [-0.25, -0.2) is 0 Å². The molecule has 302 valence electrons. The Labute approximate surface area is 344 Å². The van der Waals surface area contributed by atoms with E-state index >= 15 is 0 Å². The standard InChI is InChI=1S/C22H29N5OS.C21H27N5OS/c1-21(2)12-15(13-22(3,4)26-21)27(5)20-25-24-19(29-20)16-10-14-8-7-9-23-17(14)11-18(16)28-6;1-20(2)11-14(12-21(3,4)25-20)26(5)19-24-23-18(28-19)15-9-13-7-6-8-22-16(13)10-17(15)27/h7-11,15,26H,12-13H2,1-6H3;6-10,14,25,27H,11-12H2,1-5H3. The molecule has 6 heterocycles. The largest absolute Gasteiger partial charge is 0.507 e. The molecule has 4 aromatic heterocycles. The smallest absolute Gasteiger partial charge is 0.208 e. The molecule has 0 spiro atoms. The molecular weight excluding hydrogens is 753 g/mol. The molecule has 0 unspecified atom stereocenters. The van der Waals surface area contributed by atoms with Crippen LogP contribution in [-0.4, -0.2) is 90.9 Å². The molecule has 2 fully saturated rings. The normalized spacial score (nSPS) is 18.9.